The van der Waals surface area contributed by atoms with Gasteiger partial charge in [-0.15, -0.1) is 0 Å². The highest BCUT2D eigenvalue weighted by Crippen LogP contribution is 2.14. The van der Waals surface area contributed by atoms with Crippen molar-refractivity contribution in [1.29, 1.82) is 0 Å². The molecule has 1 aromatic carbocycles. The van der Waals surface area contributed by atoms with Crippen LogP contribution in [-0.2, 0) is 9.59 Å². The van der Waals surface area contributed by atoms with Crippen molar-refractivity contribution in [1.82, 2.24) is 5.32 Å². The molecule has 0 saturated heterocycles. The summed E-state index contributed by atoms with van der Waals surface area (Å²) in [5.41, 5.74) is 0.626. The van der Waals surface area contributed by atoms with E-state index in [1.54, 1.807) is 52.0 Å². The molecule has 2 N–H and O–H groups in total. The molecule has 0 heterocycles. The molecule has 0 bridgehead atoms. The first-order valence-electron chi connectivity index (χ1n) is 6.84. The summed E-state index contributed by atoms with van der Waals surface area (Å²) in [5.74, 6) is -0.515. The van der Waals surface area contributed by atoms with Gasteiger partial charge in [0.1, 0.15) is 6.04 Å². The van der Waals surface area contributed by atoms with E-state index in [0.29, 0.717) is 11.3 Å². The number of amides is 2. The maximum absolute atomic E-state index is 12.0. The van der Waals surface area contributed by atoms with E-state index >= 15 is 0 Å². The third-order valence-corrected chi connectivity index (χ3v) is 2.98. The van der Waals surface area contributed by atoms with E-state index in [2.05, 4.69) is 10.6 Å². The van der Waals surface area contributed by atoms with E-state index in [0.717, 1.165) is 0 Å². The van der Waals surface area contributed by atoms with Gasteiger partial charge in [-0.25, -0.2) is 0 Å². The molecule has 0 aliphatic carbocycles. The summed E-state index contributed by atoms with van der Waals surface area (Å²) in [4.78, 5) is 35.0. The number of hydrogen-bond donors (Lipinski definition) is 2. The largest absolute Gasteiger partial charge is 0.344 e. The molecule has 0 fully saturated rings. The number of benzene rings is 1. The monoisotopic (exact) mass is 290 g/mol. The molecule has 1 aromatic rings. The van der Waals surface area contributed by atoms with Crippen molar-refractivity contribution in [2.45, 2.75) is 40.7 Å². The van der Waals surface area contributed by atoms with Gasteiger partial charge in [-0.1, -0.05) is 20.8 Å². The quantitative estimate of drug-likeness (QED) is 0.836. The van der Waals surface area contributed by atoms with E-state index in [1.807, 2.05) is 0 Å². The summed E-state index contributed by atoms with van der Waals surface area (Å²) in [6, 6.07) is 5.98. The van der Waals surface area contributed by atoms with Gasteiger partial charge in [0.05, 0.1) is 0 Å². The van der Waals surface area contributed by atoms with Crippen molar-refractivity contribution < 1.29 is 14.4 Å². The average Bonchev–Trinajstić information content (AvgIpc) is 2.37. The van der Waals surface area contributed by atoms with Crippen molar-refractivity contribution in [3.05, 3.63) is 29.8 Å². The van der Waals surface area contributed by atoms with E-state index in [4.69, 9.17) is 0 Å². The predicted molar refractivity (Wildman–Crippen MR) is 82.1 cm³/mol. The van der Waals surface area contributed by atoms with Crippen molar-refractivity contribution in [2.75, 3.05) is 5.32 Å². The number of Topliss-reactive ketones (excluding diaryl/α,β-unsaturated/α-hetero) is 1. The number of nitrogens with one attached hydrogen (secondary N) is 2. The molecular weight excluding hydrogens is 268 g/mol. The lowest BCUT2D eigenvalue weighted by molar-refractivity contribution is -0.131. The molecule has 0 aliphatic rings. The zero-order valence-corrected chi connectivity index (χ0v) is 13.1. The first-order valence-corrected chi connectivity index (χ1v) is 6.84. The van der Waals surface area contributed by atoms with Gasteiger partial charge in [-0.05, 0) is 38.1 Å². The summed E-state index contributed by atoms with van der Waals surface area (Å²) >= 11 is 0. The van der Waals surface area contributed by atoms with Crippen LogP contribution in [0.1, 0.15) is 45.0 Å². The van der Waals surface area contributed by atoms with Crippen LogP contribution in [0.4, 0.5) is 5.69 Å². The van der Waals surface area contributed by atoms with Crippen LogP contribution < -0.4 is 10.6 Å². The van der Waals surface area contributed by atoms with Crippen LogP contribution in [-0.4, -0.2) is 23.6 Å². The number of anilines is 1. The third-order valence-electron chi connectivity index (χ3n) is 2.98. The highest BCUT2D eigenvalue weighted by molar-refractivity contribution is 5.98. The Hall–Kier alpha value is -2.17. The van der Waals surface area contributed by atoms with Crippen molar-refractivity contribution in [3.8, 4) is 0 Å². The number of carbonyl (C=O) groups excluding carboxylic acids is 3. The molecule has 2 amide bonds. The minimum absolute atomic E-state index is 0.0290. The second-order valence-electron chi connectivity index (χ2n) is 6.07. The molecule has 5 nitrogen and oxygen atoms in total. The maximum atomic E-state index is 12.0. The topological polar surface area (TPSA) is 75.3 Å². The Morgan fingerprint density at radius 1 is 1.05 bits per heavy atom. The number of ketones is 1. The summed E-state index contributed by atoms with van der Waals surface area (Å²) in [6.07, 6.45) is 0. The zero-order chi connectivity index (χ0) is 16.2. The van der Waals surface area contributed by atoms with E-state index in [1.165, 1.54) is 6.92 Å². The SMILES string of the molecule is CC(=O)c1ccc(NC(=O)[C@@H](C)NC(=O)C(C)(C)C)cc1. The average molecular weight is 290 g/mol. The van der Waals surface area contributed by atoms with Crippen LogP contribution in [0.3, 0.4) is 0 Å². The molecule has 5 heteroatoms. The number of carbonyl (C=O) groups is 3. The van der Waals surface area contributed by atoms with Gasteiger partial charge >= 0.3 is 0 Å². The van der Waals surface area contributed by atoms with Crippen LogP contribution in [0, 0.1) is 5.41 Å². The lowest BCUT2D eigenvalue weighted by atomic mass is 9.95. The van der Waals surface area contributed by atoms with Crippen LogP contribution >= 0.6 is 0 Å². The third kappa shape index (κ3) is 5.02. The van der Waals surface area contributed by atoms with Gasteiger partial charge < -0.3 is 10.6 Å². The fourth-order valence-corrected chi connectivity index (χ4v) is 1.52. The molecule has 1 atom stereocenters. The normalized spacial score (nSPS) is 12.4. The molecule has 21 heavy (non-hydrogen) atoms. The minimum atomic E-state index is -0.635. The Morgan fingerprint density at radius 2 is 1.57 bits per heavy atom. The lowest BCUT2D eigenvalue weighted by Crippen LogP contribution is -2.46. The van der Waals surface area contributed by atoms with E-state index < -0.39 is 11.5 Å². The highest BCUT2D eigenvalue weighted by Gasteiger charge is 2.25. The highest BCUT2D eigenvalue weighted by atomic mass is 16.2. The molecule has 0 unspecified atom stereocenters. The molecule has 0 radical (unpaired) electrons. The maximum Gasteiger partial charge on any atom is 0.246 e. The lowest BCUT2D eigenvalue weighted by Gasteiger charge is -2.21. The van der Waals surface area contributed by atoms with Crippen molar-refractivity contribution >= 4 is 23.3 Å². The molecule has 0 saturated carbocycles. The van der Waals surface area contributed by atoms with E-state index in [9.17, 15) is 14.4 Å². The van der Waals surface area contributed by atoms with Crippen molar-refractivity contribution in [2.24, 2.45) is 5.41 Å². The Labute approximate surface area is 125 Å². The smallest absolute Gasteiger partial charge is 0.246 e. The molecular formula is C16H22N2O3. The molecule has 114 valence electrons. The molecule has 0 aliphatic heterocycles. The zero-order valence-electron chi connectivity index (χ0n) is 13.1. The predicted octanol–water partition coefficient (Wildman–Crippen LogP) is 2.38. The van der Waals surface area contributed by atoms with Gasteiger partial charge in [-0.3, -0.25) is 14.4 Å². The van der Waals surface area contributed by atoms with Crippen molar-refractivity contribution in [3.63, 3.8) is 0 Å². The first kappa shape index (κ1) is 16.9. The van der Waals surface area contributed by atoms with Crippen LogP contribution in [0.25, 0.3) is 0 Å². The summed E-state index contributed by atoms with van der Waals surface area (Å²) in [5, 5.41) is 5.36. The molecule has 1 rings (SSSR count). The molecule has 0 aromatic heterocycles. The fourth-order valence-electron chi connectivity index (χ4n) is 1.52. The number of rotatable bonds is 4. The van der Waals surface area contributed by atoms with Gasteiger partial charge in [0, 0.05) is 16.7 Å². The van der Waals surface area contributed by atoms with Crippen LogP contribution in [0.2, 0.25) is 0 Å². The Morgan fingerprint density at radius 3 is 2.00 bits per heavy atom. The molecule has 0 spiro atoms. The van der Waals surface area contributed by atoms with Gasteiger partial charge in [0.25, 0.3) is 0 Å². The Balaban J connectivity index is 2.64. The second kappa shape index (κ2) is 6.52. The summed E-state index contributed by atoms with van der Waals surface area (Å²) < 4.78 is 0. The van der Waals surface area contributed by atoms with Crippen LogP contribution in [0.15, 0.2) is 24.3 Å². The first-order chi connectivity index (χ1) is 9.61. The fraction of sp³-hybridized carbons (Fsp3) is 0.438. The minimum Gasteiger partial charge on any atom is -0.344 e. The standard InChI is InChI=1S/C16H22N2O3/c1-10(17-15(21)16(3,4)5)14(20)18-13-8-6-12(7-9-13)11(2)19/h6-10H,1-5H3,(H,17,21)(H,18,20)/t10-/m1/s1. The summed E-state index contributed by atoms with van der Waals surface area (Å²) in [7, 11) is 0. The van der Waals surface area contributed by atoms with Gasteiger partial charge in [0.15, 0.2) is 5.78 Å². The summed E-state index contributed by atoms with van der Waals surface area (Å²) in [6.45, 7) is 8.47. The number of hydrogen-bond acceptors (Lipinski definition) is 3. The Kier molecular flexibility index (Phi) is 5.24. The Bertz CT molecular complexity index is 542. The van der Waals surface area contributed by atoms with E-state index in [-0.39, 0.29) is 17.6 Å². The van der Waals surface area contributed by atoms with Gasteiger partial charge in [-0.2, -0.15) is 0 Å². The van der Waals surface area contributed by atoms with Gasteiger partial charge in [0.2, 0.25) is 11.8 Å². The second-order valence-corrected chi connectivity index (χ2v) is 6.07. The van der Waals surface area contributed by atoms with Crippen LogP contribution in [0.5, 0.6) is 0 Å².